The van der Waals surface area contributed by atoms with Crippen LogP contribution < -0.4 is 5.73 Å². The molecule has 0 spiro atoms. The second-order valence-corrected chi connectivity index (χ2v) is 3.75. The third kappa shape index (κ3) is 2.09. The van der Waals surface area contributed by atoms with Gasteiger partial charge in [-0.3, -0.25) is 4.90 Å². The van der Waals surface area contributed by atoms with Gasteiger partial charge < -0.3 is 15.6 Å². The van der Waals surface area contributed by atoms with Gasteiger partial charge in [-0.15, -0.1) is 0 Å². The molecule has 1 aliphatic rings. The number of nitrogens with zero attached hydrogens (tertiary/aromatic N) is 1. The number of phenols is 1. The SMILES string of the molecule is NC[C@H]1CN(Cc2ccccc2O)C(=O)O1. The van der Waals surface area contributed by atoms with E-state index in [0.29, 0.717) is 25.2 Å². The van der Waals surface area contributed by atoms with E-state index in [1.54, 1.807) is 18.2 Å². The van der Waals surface area contributed by atoms with Gasteiger partial charge in [-0.1, -0.05) is 18.2 Å². The first-order chi connectivity index (χ1) is 7.70. The third-order valence-electron chi connectivity index (χ3n) is 2.57. The Kier molecular flexibility index (Phi) is 2.96. The number of carbonyl (C=O) groups excluding carboxylic acids is 1. The Morgan fingerprint density at radius 1 is 1.50 bits per heavy atom. The van der Waals surface area contributed by atoms with Crippen LogP contribution in [0.15, 0.2) is 24.3 Å². The normalized spacial score (nSPS) is 19.9. The molecule has 86 valence electrons. The summed E-state index contributed by atoms with van der Waals surface area (Å²) in [5.41, 5.74) is 6.13. The van der Waals surface area contributed by atoms with Crippen molar-refractivity contribution in [2.75, 3.05) is 13.1 Å². The fourth-order valence-electron chi connectivity index (χ4n) is 1.68. The summed E-state index contributed by atoms with van der Waals surface area (Å²) in [5, 5.41) is 9.58. The molecule has 1 aromatic carbocycles. The van der Waals surface area contributed by atoms with Crippen molar-refractivity contribution in [2.45, 2.75) is 12.6 Å². The molecule has 1 atom stereocenters. The van der Waals surface area contributed by atoms with Crippen molar-refractivity contribution in [3.05, 3.63) is 29.8 Å². The smallest absolute Gasteiger partial charge is 0.410 e. The lowest BCUT2D eigenvalue weighted by atomic mass is 10.2. The van der Waals surface area contributed by atoms with Crippen LogP contribution in [0.3, 0.4) is 0 Å². The lowest BCUT2D eigenvalue weighted by molar-refractivity contribution is 0.134. The molecule has 16 heavy (non-hydrogen) atoms. The van der Waals surface area contributed by atoms with Gasteiger partial charge in [0.2, 0.25) is 0 Å². The highest BCUT2D eigenvalue weighted by molar-refractivity contribution is 5.70. The van der Waals surface area contributed by atoms with Gasteiger partial charge >= 0.3 is 6.09 Å². The van der Waals surface area contributed by atoms with E-state index in [1.807, 2.05) is 6.07 Å². The van der Waals surface area contributed by atoms with Gasteiger partial charge in [0.25, 0.3) is 0 Å². The molecule has 1 aromatic rings. The van der Waals surface area contributed by atoms with Crippen LogP contribution in [-0.4, -0.2) is 35.3 Å². The molecule has 1 amide bonds. The van der Waals surface area contributed by atoms with Crippen LogP contribution in [0.1, 0.15) is 5.56 Å². The Morgan fingerprint density at radius 3 is 2.88 bits per heavy atom. The lowest BCUT2D eigenvalue weighted by Crippen LogP contribution is -2.27. The standard InChI is InChI=1S/C11H14N2O3/c12-5-9-7-13(11(15)16-9)6-8-3-1-2-4-10(8)14/h1-4,9,14H,5-7,12H2/t9-/m0/s1. The zero-order valence-electron chi connectivity index (χ0n) is 8.80. The van der Waals surface area contributed by atoms with Crippen molar-refractivity contribution < 1.29 is 14.6 Å². The minimum Gasteiger partial charge on any atom is -0.508 e. The number of hydrogen-bond acceptors (Lipinski definition) is 4. The van der Waals surface area contributed by atoms with E-state index >= 15 is 0 Å². The second-order valence-electron chi connectivity index (χ2n) is 3.75. The number of hydrogen-bond donors (Lipinski definition) is 2. The van der Waals surface area contributed by atoms with E-state index in [1.165, 1.54) is 4.90 Å². The van der Waals surface area contributed by atoms with E-state index in [-0.39, 0.29) is 17.9 Å². The van der Waals surface area contributed by atoms with Crippen LogP contribution in [0.2, 0.25) is 0 Å². The van der Waals surface area contributed by atoms with E-state index in [2.05, 4.69) is 0 Å². The summed E-state index contributed by atoms with van der Waals surface area (Å²) in [4.78, 5) is 13.0. The van der Waals surface area contributed by atoms with Crippen molar-refractivity contribution in [3.63, 3.8) is 0 Å². The van der Waals surface area contributed by atoms with Crippen molar-refractivity contribution in [2.24, 2.45) is 5.73 Å². The molecule has 1 fully saturated rings. The van der Waals surface area contributed by atoms with Gasteiger partial charge in [-0.2, -0.15) is 0 Å². The molecule has 0 unspecified atom stereocenters. The molecular formula is C11H14N2O3. The van der Waals surface area contributed by atoms with Crippen LogP contribution in [0.25, 0.3) is 0 Å². The number of nitrogens with two attached hydrogens (primary N) is 1. The number of rotatable bonds is 3. The van der Waals surface area contributed by atoms with Gasteiger partial charge in [0, 0.05) is 12.1 Å². The van der Waals surface area contributed by atoms with Gasteiger partial charge in [-0.25, -0.2) is 4.79 Å². The Labute approximate surface area is 93.4 Å². The van der Waals surface area contributed by atoms with Crippen molar-refractivity contribution in [3.8, 4) is 5.75 Å². The summed E-state index contributed by atoms with van der Waals surface area (Å²) in [5.74, 6) is 0.187. The molecule has 0 saturated carbocycles. The highest BCUT2D eigenvalue weighted by Crippen LogP contribution is 2.20. The number of cyclic esters (lactones) is 1. The molecule has 0 aliphatic carbocycles. The first-order valence-electron chi connectivity index (χ1n) is 5.13. The van der Waals surface area contributed by atoms with Crippen LogP contribution in [0.5, 0.6) is 5.75 Å². The Balaban J connectivity index is 2.06. The molecule has 1 aliphatic heterocycles. The number of benzene rings is 1. The first-order valence-corrected chi connectivity index (χ1v) is 5.13. The zero-order valence-corrected chi connectivity index (χ0v) is 8.80. The van der Waals surface area contributed by atoms with Gasteiger partial charge in [-0.05, 0) is 6.07 Å². The van der Waals surface area contributed by atoms with Crippen molar-refractivity contribution in [1.82, 2.24) is 4.90 Å². The monoisotopic (exact) mass is 222 g/mol. The second kappa shape index (κ2) is 4.40. The number of phenolic OH excluding ortho intramolecular Hbond substituents is 1. The Hall–Kier alpha value is -1.75. The predicted octanol–water partition coefficient (Wildman–Crippen LogP) is 0.672. The van der Waals surface area contributed by atoms with Gasteiger partial charge in [0.05, 0.1) is 13.1 Å². The summed E-state index contributed by atoms with van der Waals surface area (Å²) < 4.78 is 5.02. The van der Waals surface area contributed by atoms with E-state index < -0.39 is 0 Å². The average molecular weight is 222 g/mol. The van der Waals surface area contributed by atoms with Gasteiger partial charge in [0.1, 0.15) is 11.9 Å². The summed E-state index contributed by atoms with van der Waals surface area (Å²) in [7, 11) is 0. The topological polar surface area (TPSA) is 75.8 Å². The summed E-state index contributed by atoms with van der Waals surface area (Å²) in [6.07, 6.45) is -0.614. The maximum atomic E-state index is 11.4. The van der Waals surface area contributed by atoms with Crippen LogP contribution in [-0.2, 0) is 11.3 Å². The molecule has 1 heterocycles. The van der Waals surface area contributed by atoms with Crippen molar-refractivity contribution >= 4 is 6.09 Å². The predicted molar refractivity (Wildman–Crippen MR) is 57.8 cm³/mol. The largest absolute Gasteiger partial charge is 0.508 e. The van der Waals surface area contributed by atoms with Crippen LogP contribution in [0.4, 0.5) is 4.79 Å². The Bertz CT molecular complexity index is 395. The minimum absolute atomic E-state index is 0.187. The number of amides is 1. The number of ether oxygens (including phenoxy) is 1. The number of carbonyl (C=O) groups is 1. The number of aromatic hydroxyl groups is 1. The summed E-state index contributed by atoms with van der Waals surface area (Å²) in [6, 6.07) is 6.93. The van der Waals surface area contributed by atoms with E-state index in [9.17, 15) is 9.90 Å². The molecule has 0 radical (unpaired) electrons. The molecule has 3 N–H and O–H groups in total. The van der Waals surface area contributed by atoms with Crippen molar-refractivity contribution in [1.29, 1.82) is 0 Å². The first kappa shape index (κ1) is 10.8. The molecule has 5 heteroatoms. The van der Waals surface area contributed by atoms with Crippen LogP contribution >= 0.6 is 0 Å². The molecule has 0 aromatic heterocycles. The minimum atomic E-state index is -0.376. The quantitative estimate of drug-likeness (QED) is 0.788. The third-order valence-corrected chi connectivity index (χ3v) is 2.57. The zero-order chi connectivity index (χ0) is 11.5. The summed E-state index contributed by atoms with van der Waals surface area (Å²) >= 11 is 0. The highest BCUT2D eigenvalue weighted by Gasteiger charge is 2.30. The molecule has 0 bridgehead atoms. The van der Waals surface area contributed by atoms with E-state index in [0.717, 1.165) is 0 Å². The molecule has 5 nitrogen and oxygen atoms in total. The molecule has 1 saturated heterocycles. The van der Waals surface area contributed by atoms with Gasteiger partial charge in [0.15, 0.2) is 0 Å². The fraction of sp³-hybridized carbons (Fsp3) is 0.364. The average Bonchev–Trinajstić information content (AvgIpc) is 2.63. The van der Waals surface area contributed by atoms with E-state index in [4.69, 9.17) is 10.5 Å². The van der Waals surface area contributed by atoms with Crippen LogP contribution in [0, 0.1) is 0 Å². The summed E-state index contributed by atoms with van der Waals surface area (Å²) in [6.45, 7) is 1.15. The highest BCUT2D eigenvalue weighted by atomic mass is 16.6. The number of para-hydroxylation sites is 1. The Morgan fingerprint density at radius 2 is 2.25 bits per heavy atom. The molecule has 2 rings (SSSR count). The maximum Gasteiger partial charge on any atom is 0.410 e. The molecular weight excluding hydrogens is 208 g/mol. The fourth-order valence-corrected chi connectivity index (χ4v) is 1.68. The maximum absolute atomic E-state index is 11.4. The lowest BCUT2D eigenvalue weighted by Gasteiger charge is -2.13.